The van der Waals surface area contributed by atoms with Crippen LogP contribution in [0.25, 0.3) is 0 Å². The normalized spacial score (nSPS) is 33.9. The van der Waals surface area contributed by atoms with Crippen LogP contribution in [-0.4, -0.2) is 70.2 Å². The molecule has 3 amide bonds. The third kappa shape index (κ3) is 4.46. The Morgan fingerprint density at radius 1 is 1.14 bits per heavy atom. The predicted octanol–water partition coefficient (Wildman–Crippen LogP) is 2.33. The minimum Gasteiger partial charge on any atom is -0.394 e. The molecule has 0 aromatic heterocycles. The van der Waals surface area contributed by atoms with Crippen molar-refractivity contribution in [1.29, 1.82) is 0 Å². The zero-order valence-electron chi connectivity index (χ0n) is 22.1. The van der Waals surface area contributed by atoms with Crippen LogP contribution in [0.1, 0.15) is 70.8 Å². The Bertz CT molecular complexity index is 1010. The first kappa shape index (κ1) is 26.2. The van der Waals surface area contributed by atoms with Gasteiger partial charge in [-0.1, -0.05) is 56.5 Å². The molecule has 37 heavy (non-hydrogen) atoms. The highest BCUT2D eigenvalue weighted by Crippen LogP contribution is 2.63. The van der Waals surface area contributed by atoms with Gasteiger partial charge in [0.2, 0.25) is 17.7 Å². The minimum absolute atomic E-state index is 0.0770. The Morgan fingerprint density at radius 2 is 1.86 bits per heavy atom. The third-order valence-corrected chi connectivity index (χ3v) is 9.16. The fourth-order valence-corrected chi connectivity index (χ4v) is 7.48. The van der Waals surface area contributed by atoms with Crippen molar-refractivity contribution in [3.8, 4) is 0 Å². The van der Waals surface area contributed by atoms with Crippen molar-refractivity contribution < 1.29 is 24.2 Å². The summed E-state index contributed by atoms with van der Waals surface area (Å²) in [7, 11) is 0. The number of hydrogen-bond donors (Lipinski definition) is 3. The number of ether oxygens (including phenoxy) is 1. The third-order valence-electron chi connectivity index (χ3n) is 9.16. The Kier molecular flexibility index (Phi) is 7.33. The van der Waals surface area contributed by atoms with Crippen molar-refractivity contribution in [1.82, 2.24) is 15.5 Å². The number of carbonyl (C=O) groups excluding carboxylic acids is 3. The van der Waals surface area contributed by atoms with E-state index in [1.54, 1.807) is 4.90 Å². The van der Waals surface area contributed by atoms with Crippen LogP contribution < -0.4 is 10.6 Å². The first-order valence-corrected chi connectivity index (χ1v) is 14.1. The van der Waals surface area contributed by atoms with Crippen LogP contribution >= 0.6 is 0 Å². The average molecular weight is 512 g/mol. The average Bonchev–Trinajstić information content (AvgIpc) is 3.47. The van der Waals surface area contributed by atoms with Crippen molar-refractivity contribution in [3.05, 3.63) is 35.9 Å². The van der Waals surface area contributed by atoms with E-state index in [2.05, 4.69) is 10.6 Å². The summed E-state index contributed by atoms with van der Waals surface area (Å²) in [5.74, 6) is -2.05. The number of benzene rings is 1. The summed E-state index contributed by atoms with van der Waals surface area (Å²) in [5, 5.41) is 16.7. The Balaban J connectivity index is 1.52. The molecule has 8 heteroatoms. The second kappa shape index (κ2) is 10.4. The molecule has 1 saturated carbocycles. The maximum absolute atomic E-state index is 14.3. The lowest BCUT2D eigenvalue weighted by Gasteiger charge is -2.38. The van der Waals surface area contributed by atoms with Crippen molar-refractivity contribution in [2.24, 2.45) is 11.8 Å². The van der Waals surface area contributed by atoms with Gasteiger partial charge in [0, 0.05) is 12.6 Å². The molecular weight excluding hydrogens is 470 g/mol. The molecule has 202 valence electrons. The fourth-order valence-electron chi connectivity index (χ4n) is 7.48. The zero-order valence-corrected chi connectivity index (χ0v) is 22.1. The predicted molar refractivity (Wildman–Crippen MR) is 138 cm³/mol. The number of nitrogens with one attached hydrogen (secondary N) is 2. The number of amides is 3. The van der Waals surface area contributed by atoms with E-state index < -0.39 is 35.1 Å². The van der Waals surface area contributed by atoms with Gasteiger partial charge in [-0.25, -0.2) is 0 Å². The highest BCUT2D eigenvalue weighted by atomic mass is 16.5. The summed E-state index contributed by atoms with van der Waals surface area (Å²) in [6.45, 7) is 4.16. The fraction of sp³-hybridized carbons (Fsp3) is 0.690. The molecule has 3 N–H and O–H groups in total. The van der Waals surface area contributed by atoms with Gasteiger partial charge in [0.1, 0.15) is 11.6 Å². The van der Waals surface area contributed by atoms with Crippen molar-refractivity contribution in [3.63, 3.8) is 0 Å². The molecule has 1 spiro atoms. The van der Waals surface area contributed by atoms with Crippen molar-refractivity contribution in [2.45, 2.75) is 101 Å². The molecule has 8 nitrogen and oxygen atoms in total. The maximum atomic E-state index is 14.3. The largest absolute Gasteiger partial charge is 0.394 e. The van der Waals surface area contributed by atoms with E-state index in [9.17, 15) is 19.5 Å². The number of aliphatic hydroxyl groups excluding tert-OH is 1. The van der Waals surface area contributed by atoms with Gasteiger partial charge in [-0.05, 0) is 51.0 Å². The SMILES string of the molecule is CCCNC(=O)[C@@H]1[C@H]2C(=O)N([C@@H](CO)Cc3ccccc3)C(C(=O)NC3CCCCC3)C23CC[C@@]1(C)O3. The molecular formula is C29H41N3O5. The molecule has 5 rings (SSSR count). The highest BCUT2D eigenvalue weighted by Gasteiger charge is 2.78. The molecule has 0 radical (unpaired) electrons. The van der Waals surface area contributed by atoms with Crippen LogP contribution in [0.5, 0.6) is 0 Å². The molecule has 2 unspecified atom stereocenters. The second-order valence-corrected chi connectivity index (χ2v) is 11.6. The van der Waals surface area contributed by atoms with E-state index in [1.807, 2.05) is 44.2 Å². The molecule has 4 fully saturated rings. The summed E-state index contributed by atoms with van der Waals surface area (Å²) in [6, 6.07) is 8.31. The first-order chi connectivity index (χ1) is 17.8. The number of rotatable bonds is 9. The minimum atomic E-state index is -1.07. The van der Waals surface area contributed by atoms with E-state index in [0.29, 0.717) is 25.8 Å². The van der Waals surface area contributed by atoms with Crippen LogP contribution in [0, 0.1) is 11.8 Å². The molecule has 3 aliphatic heterocycles. The summed E-state index contributed by atoms with van der Waals surface area (Å²) in [5.41, 5.74) is -0.880. The number of hydrogen-bond acceptors (Lipinski definition) is 5. The van der Waals surface area contributed by atoms with E-state index in [4.69, 9.17) is 4.74 Å². The topological polar surface area (TPSA) is 108 Å². The van der Waals surface area contributed by atoms with Crippen LogP contribution in [-0.2, 0) is 25.5 Å². The van der Waals surface area contributed by atoms with E-state index in [1.165, 1.54) is 6.42 Å². The van der Waals surface area contributed by atoms with E-state index >= 15 is 0 Å². The summed E-state index contributed by atoms with van der Waals surface area (Å²) in [6.07, 6.45) is 7.55. The quantitative estimate of drug-likeness (QED) is 0.472. The molecule has 1 aliphatic carbocycles. The smallest absolute Gasteiger partial charge is 0.246 e. The number of fused-ring (bicyclic) bond motifs is 1. The first-order valence-electron chi connectivity index (χ1n) is 14.1. The molecule has 2 bridgehead atoms. The van der Waals surface area contributed by atoms with E-state index in [-0.39, 0.29) is 30.4 Å². The summed E-state index contributed by atoms with van der Waals surface area (Å²) in [4.78, 5) is 43.3. The molecule has 3 saturated heterocycles. The van der Waals surface area contributed by atoms with Crippen LogP contribution in [0.4, 0.5) is 0 Å². The standard InChI is InChI=1S/C29H41N3O5/c1-3-16-30-25(34)22-23-27(36)32(21(18-33)17-19-10-6-4-7-11-19)24(29(23)15-14-28(22,2)37-29)26(35)31-20-12-8-5-9-13-20/h4,6-7,10-11,20-24,33H,3,5,8-9,12-18H2,1-2H3,(H,30,34)(H,31,35)/t21-,22+,23+,24?,28-,29?/m1/s1. The summed E-state index contributed by atoms with van der Waals surface area (Å²) >= 11 is 0. The molecule has 3 heterocycles. The van der Waals surface area contributed by atoms with Crippen LogP contribution in [0.3, 0.4) is 0 Å². The van der Waals surface area contributed by atoms with Gasteiger partial charge in [-0.15, -0.1) is 0 Å². The number of carbonyl (C=O) groups is 3. The molecule has 4 aliphatic rings. The van der Waals surface area contributed by atoms with Crippen LogP contribution in [0.2, 0.25) is 0 Å². The number of likely N-dealkylation sites (tertiary alicyclic amines) is 1. The maximum Gasteiger partial charge on any atom is 0.246 e. The van der Waals surface area contributed by atoms with Crippen molar-refractivity contribution >= 4 is 17.7 Å². The Morgan fingerprint density at radius 3 is 2.54 bits per heavy atom. The number of nitrogens with zero attached hydrogens (tertiary/aromatic N) is 1. The highest BCUT2D eigenvalue weighted by molar-refractivity contribution is 5.99. The lowest BCUT2D eigenvalue weighted by Crippen LogP contribution is -2.59. The van der Waals surface area contributed by atoms with Crippen LogP contribution in [0.15, 0.2) is 30.3 Å². The number of aliphatic hydroxyl groups is 1. The Hall–Kier alpha value is -2.45. The molecule has 6 atom stereocenters. The lowest BCUT2D eigenvalue weighted by molar-refractivity contribution is -0.150. The van der Waals surface area contributed by atoms with Gasteiger partial charge in [0.15, 0.2) is 0 Å². The van der Waals surface area contributed by atoms with E-state index in [0.717, 1.165) is 37.7 Å². The van der Waals surface area contributed by atoms with Gasteiger partial charge in [-0.3, -0.25) is 14.4 Å². The van der Waals surface area contributed by atoms with Gasteiger partial charge in [0.05, 0.1) is 30.1 Å². The summed E-state index contributed by atoms with van der Waals surface area (Å²) < 4.78 is 6.69. The van der Waals surface area contributed by atoms with Crippen molar-refractivity contribution in [2.75, 3.05) is 13.2 Å². The van der Waals surface area contributed by atoms with Gasteiger partial charge in [0.25, 0.3) is 0 Å². The molecule has 1 aromatic rings. The van der Waals surface area contributed by atoms with Gasteiger partial charge in [-0.2, -0.15) is 0 Å². The zero-order chi connectivity index (χ0) is 26.2. The Labute approximate surface area is 219 Å². The van der Waals surface area contributed by atoms with Gasteiger partial charge < -0.3 is 25.4 Å². The van der Waals surface area contributed by atoms with Gasteiger partial charge >= 0.3 is 0 Å². The molecule has 1 aromatic carbocycles. The lowest BCUT2D eigenvalue weighted by atomic mass is 9.66. The monoisotopic (exact) mass is 511 g/mol. The second-order valence-electron chi connectivity index (χ2n) is 11.6.